The molecule has 0 aromatic rings. The summed E-state index contributed by atoms with van der Waals surface area (Å²) < 4.78 is 5.37. The summed E-state index contributed by atoms with van der Waals surface area (Å²) in [7, 11) is 0. The maximum absolute atomic E-state index is 5.37. The first kappa shape index (κ1) is 12.3. The molecule has 0 aliphatic carbocycles. The lowest BCUT2D eigenvalue weighted by atomic mass is 10.1. The first-order valence-electron chi connectivity index (χ1n) is 6.87. The number of ether oxygens (including phenoxy) is 1. The van der Waals surface area contributed by atoms with Gasteiger partial charge in [0.05, 0.1) is 13.2 Å². The zero-order valence-electron chi connectivity index (χ0n) is 10.7. The molecule has 2 fully saturated rings. The molecule has 0 radical (unpaired) electrons. The molecule has 3 nitrogen and oxygen atoms in total. The van der Waals surface area contributed by atoms with Crippen LogP contribution < -0.4 is 0 Å². The lowest BCUT2D eigenvalue weighted by molar-refractivity contribution is 0.0330. The summed E-state index contributed by atoms with van der Waals surface area (Å²) in [4.78, 5) is 5.20. The zero-order chi connectivity index (χ0) is 11.2. The molecule has 0 N–H and O–H groups in total. The van der Waals surface area contributed by atoms with Crippen molar-refractivity contribution in [3.63, 3.8) is 0 Å². The molecule has 2 heterocycles. The van der Waals surface area contributed by atoms with Gasteiger partial charge in [0.15, 0.2) is 0 Å². The Morgan fingerprint density at radius 2 is 1.75 bits per heavy atom. The molecule has 1 atom stereocenters. The van der Waals surface area contributed by atoms with Gasteiger partial charge < -0.3 is 9.64 Å². The highest BCUT2D eigenvalue weighted by atomic mass is 16.5. The number of hydrogen-bond acceptors (Lipinski definition) is 3. The van der Waals surface area contributed by atoms with Gasteiger partial charge in [0.2, 0.25) is 0 Å². The molecular formula is C13H26N2O. The van der Waals surface area contributed by atoms with E-state index >= 15 is 0 Å². The van der Waals surface area contributed by atoms with E-state index in [2.05, 4.69) is 16.7 Å². The summed E-state index contributed by atoms with van der Waals surface area (Å²) in [6, 6.07) is 0. The lowest BCUT2D eigenvalue weighted by Crippen LogP contribution is -2.42. The van der Waals surface area contributed by atoms with Crippen LogP contribution in [0.1, 0.15) is 26.2 Å². The Labute approximate surface area is 99.7 Å². The van der Waals surface area contributed by atoms with Gasteiger partial charge in [0.1, 0.15) is 0 Å². The van der Waals surface area contributed by atoms with E-state index in [1.807, 2.05) is 0 Å². The fourth-order valence-electron chi connectivity index (χ4n) is 2.76. The minimum atomic E-state index is 0.896. The normalized spacial score (nSPS) is 30.2. The monoisotopic (exact) mass is 226 g/mol. The average Bonchev–Trinajstić information content (AvgIpc) is 2.52. The van der Waals surface area contributed by atoms with Crippen LogP contribution in [0, 0.1) is 5.92 Å². The number of likely N-dealkylation sites (tertiary alicyclic amines) is 1. The smallest absolute Gasteiger partial charge is 0.0594 e. The van der Waals surface area contributed by atoms with Gasteiger partial charge in [-0.1, -0.05) is 13.3 Å². The Kier molecular flexibility index (Phi) is 5.07. The Hall–Kier alpha value is -0.120. The highest BCUT2D eigenvalue weighted by Crippen LogP contribution is 2.15. The minimum Gasteiger partial charge on any atom is -0.379 e. The van der Waals surface area contributed by atoms with E-state index in [1.54, 1.807) is 0 Å². The van der Waals surface area contributed by atoms with Crippen molar-refractivity contribution in [3.8, 4) is 0 Å². The van der Waals surface area contributed by atoms with Crippen LogP contribution in [-0.2, 0) is 4.74 Å². The summed E-state index contributed by atoms with van der Waals surface area (Å²) in [6.45, 7) is 11.6. The molecule has 0 aromatic carbocycles. The fraction of sp³-hybridized carbons (Fsp3) is 1.00. The molecule has 2 rings (SSSR count). The van der Waals surface area contributed by atoms with Gasteiger partial charge in [-0.3, -0.25) is 4.90 Å². The standard InChI is InChI=1S/C13H26N2O/c1-13-4-2-3-5-15(12-13)7-6-14-8-10-16-11-9-14/h13H,2-12H2,1H3. The molecule has 0 saturated carbocycles. The first-order valence-corrected chi connectivity index (χ1v) is 6.87. The molecule has 16 heavy (non-hydrogen) atoms. The second-order valence-corrected chi connectivity index (χ2v) is 5.36. The molecule has 2 aliphatic heterocycles. The van der Waals surface area contributed by atoms with Gasteiger partial charge in [-0.15, -0.1) is 0 Å². The van der Waals surface area contributed by atoms with Gasteiger partial charge in [0.25, 0.3) is 0 Å². The molecule has 2 aliphatic rings. The van der Waals surface area contributed by atoms with E-state index in [9.17, 15) is 0 Å². The Morgan fingerprint density at radius 1 is 1.00 bits per heavy atom. The van der Waals surface area contributed by atoms with E-state index in [-0.39, 0.29) is 0 Å². The number of hydrogen-bond donors (Lipinski definition) is 0. The molecule has 0 amide bonds. The van der Waals surface area contributed by atoms with Crippen molar-refractivity contribution in [2.45, 2.75) is 26.2 Å². The Bertz CT molecular complexity index is 192. The number of rotatable bonds is 3. The molecule has 0 aromatic heterocycles. The molecule has 3 heteroatoms. The zero-order valence-corrected chi connectivity index (χ0v) is 10.7. The highest BCUT2D eigenvalue weighted by Gasteiger charge is 2.16. The van der Waals surface area contributed by atoms with Crippen molar-refractivity contribution in [2.24, 2.45) is 5.92 Å². The fourth-order valence-corrected chi connectivity index (χ4v) is 2.76. The maximum atomic E-state index is 5.37. The van der Waals surface area contributed by atoms with Crippen molar-refractivity contribution in [3.05, 3.63) is 0 Å². The predicted octanol–water partition coefficient (Wildman–Crippen LogP) is 1.44. The number of nitrogens with zero attached hydrogens (tertiary/aromatic N) is 2. The summed E-state index contributed by atoms with van der Waals surface area (Å²) >= 11 is 0. The first-order chi connectivity index (χ1) is 7.84. The van der Waals surface area contributed by atoms with Crippen LogP contribution in [0.15, 0.2) is 0 Å². The maximum Gasteiger partial charge on any atom is 0.0594 e. The third kappa shape index (κ3) is 4.04. The molecule has 94 valence electrons. The van der Waals surface area contributed by atoms with Gasteiger partial charge in [-0.05, 0) is 25.3 Å². The van der Waals surface area contributed by atoms with Crippen LogP contribution in [0.3, 0.4) is 0 Å². The summed E-state index contributed by atoms with van der Waals surface area (Å²) in [6.07, 6.45) is 4.25. The van der Waals surface area contributed by atoms with Crippen molar-refractivity contribution < 1.29 is 4.74 Å². The molecule has 2 saturated heterocycles. The van der Waals surface area contributed by atoms with Crippen LogP contribution in [0.5, 0.6) is 0 Å². The molecule has 0 spiro atoms. The molecule has 0 bridgehead atoms. The predicted molar refractivity (Wildman–Crippen MR) is 66.7 cm³/mol. The quantitative estimate of drug-likeness (QED) is 0.724. The van der Waals surface area contributed by atoms with Crippen molar-refractivity contribution in [2.75, 3.05) is 52.5 Å². The largest absolute Gasteiger partial charge is 0.379 e. The molecular weight excluding hydrogens is 200 g/mol. The van der Waals surface area contributed by atoms with Gasteiger partial charge in [0, 0.05) is 32.7 Å². The van der Waals surface area contributed by atoms with Crippen molar-refractivity contribution in [1.29, 1.82) is 0 Å². The van der Waals surface area contributed by atoms with Gasteiger partial charge >= 0.3 is 0 Å². The van der Waals surface area contributed by atoms with Crippen molar-refractivity contribution >= 4 is 0 Å². The lowest BCUT2D eigenvalue weighted by Gasteiger charge is -2.30. The Balaban J connectivity index is 1.67. The van der Waals surface area contributed by atoms with Crippen LogP contribution >= 0.6 is 0 Å². The van der Waals surface area contributed by atoms with E-state index in [4.69, 9.17) is 4.74 Å². The van der Waals surface area contributed by atoms with Crippen molar-refractivity contribution in [1.82, 2.24) is 9.80 Å². The van der Waals surface area contributed by atoms with Crippen LogP contribution in [-0.4, -0.2) is 62.3 Å². The van der Waals surface area contributed by atoms with Crippen LogP contribution in [0.2, 0.25) is 0 Å². The SMILES string of the molecule is CC1CCCCN(CCN2CCOCC2)C1. The average molecular weight is 226 g/mol. The number of morpholine rings is 1. The minimum absolute atomic E-state index is 0.896. The van der Waals surface area contributed by atoms with Gasteiger partial charge in [-0.2, -0.15) is 0 Å². The van der Waals surface area contributed by atoms with E-state index in [0.717, 1.165) is 32.2 Å². The van der Waals surface area contributed by atoms with E-state index in [1.165, 1.54) is 45.4 Å². The summed E-state index contributed by atoms with van der Waals surface area (Å²) in [5.74, 6) is 0.896. The Morgan fingerprint density at radius 3 is 2.56 bits per heavy atom. The third-order valence-electron chi connectivity index (χ3n) is 3.83. The summed E-state index contributed by atoms with van der Waals surface area (Å²) in [5, 5.41) is 0. The van der Waals surface area contributed by atoms with E-state index in [0.29, 0.717) is 0 Å². The third-order valence-corrected chi connectivity index (χ3v) is 3.83. The van der Waals surface area contributed by atoms with Crippen LogP contribution in [0.4, 0.5) is 0 Å². The van der Waals surface area contributed by atoms with E-state index < -0.39 is 0 Å². The second-order valence-electron chi connectivity index (χ2n) is 5.36. The molecule has 1 unspecified atom stereocenters. The second kappa shape index (κ2) is 6.58. The summed E-state index contributed by atoms with van der Waals surface area (Å²) in [5.41, 5.74) is 0. The van der Waals surface area contributed by atoms with Crippen LogP contribution in [0.25, 0.3) is 0 Å². The topological polar surface area (TPSA) is 15.7 Å². The highest BCUT2D eigenvalue weighted by molar-refractivity contribution is 4.71. The van der Waals surface area contributed by atoms with Gasteiger partial charge in [-0.25, -0.2) is 0 Å².